The summed E-state index contributed by atoms with van der Waals surface area (Å²) in [6.45, 7) is 0. The van der Waals surface area contributed by atoms with Crippen molar-refractivity contribution in [2.45, 2.75) is 0 Å². The lowest BCUT2D eigenvalue weighted by molar-refractivity contribution is -0.363. The van der Waals surface area contributed by atoms with Gasteiger partial charge in [-0.25, -0.2) is 9.97 Å². The molecule has 0 fully saturated rings. The Balaban J connectivity index is 1.74. The summed E-state index contributed by atoms with van der Waals surface area (Å²) in [6.07, 6.45) is 2.00. The molecule has 26 heavy (non-hydrogen) atoms. The molecule has 1 N–H and O–H groups in total. The molecule has 5 rings (SSSR count). The summed E-state index contributed by atoms with van der Waals surface area (Å²) in [4.78, 5) is 8.32. The van der Waals surface area contributed by atoms with Gasteiger partial charge in [0.2, 0.25) is 5.69 Å². The van der Waals surface area contributed by atoms with Crippen LogP contribution in [-0.4, -0.2) is 4.98 Å². The van der Waals surface area contributed by atoms with Gasteiger partial charge in [0.15, 0.2) is 6.20 Å². The molecule has 0 radical (unpaired) electrons. The lowest BCUT2D eigenvalue weighted by Gasteiger charge is -2.06. The van der Waals surface area contributed by atoms with Gasteiger partial charge >= 0.3 is 0 Å². The summed E-state index contributed by atoms with van der Waals surface area (Å²) in [7, 11) is 0. The Morgan fingerprint density at radius 1 is 0.538 bits per heavy atom. The molecule has 2 heterocycles. The Kier molecular flexibility index (Phi) is 3.46. The summed E-state index contributed by atoms with van der Waals surface area (Å²) >= 11 is 0. The molecule has 0 bridgehead atoms. The zero-order valence-electron chi connectivity index (χ0n) is 14.2. The molecule has 0 saturated heterocycles. The maximum Gasteiger partial charge on any atom is 0.237 e. The number of pyridine rings is 2. The van der Waals surface area contributed by atoms with Crippen molar-refractivity contribution in [2.24, 2.45) is 0 Å². The average molecular weight is 333 g/mol. The Morgan fingerprint density at radius 2 is 1.35 bits per heavy atom. The molecular formula is C24H17N2+. The summed E-state index contributed by atoms with van der Waals surface area (Å²) in [5, 5.41) is 4.94. The van der Waals surface area contributed by atoms with Gasteiger partial charge in [-0.15, -0.1) is 0 Å². The molecule has 122 valence electrons. The van der Waals surface area contributed by atoms with Crippen LogP contribution >= 0.6 is 0 Å². The van der Waals surface area contributed by atoms with E-state index in [1.54, 1.807) is 0 Å². The predicted octanol–water partition coefficient (Wildman–Crippen LogP) is 5.54. The third-order valence-electron chi connectivity index (χ3n) is 4.79. The number of hydrogen-bond acceptors (Lipinski definition) is 1. The number of aromatic amines is 1. The molecule has 2 heteroatoms. The summed E-state index contributed by atoms with van der Waals surface area (Å²) in [6, 6.07) is 31.5. The molecule has 5 aromatic rings. The van der Waals surface area contributed by atoms with Gasteiger partial charge in [0.1, 0.15) is 5.69 Å². The van der Waals surface area contributed by atoms with Crippen molar-refractivity contribution in [2.75, 3.05) is 0 Å². The van der Waals surface area contributed by atoms with Gasteiger partial charge in [0.05, 0.1) is 11.1 Å². The van der Waals surface area contributed by atoms with Gasteiger partial charge in [-0.2, -0.15) is 0 Å². The molecule has 0 amide bonds. The SMILES string of the molecule is c1ccc(-c2cccc(-c3[nH+]ccc4c3ccc3ccccc34)n2)cc1. The van der Waals surface area contributed by atoms with E-state index in [1.165, 1.54) is 21.5 Å². The van der Waals surface area contributed by atoms with E-state index < -0.39 is 0 Å². The highest BCUT2D eigenvalue weighted by molar-refractivity contribution is 6.10. The smallest absolute Gasteiger partial charge is 0.237 e. The van der Waals surface area contributed by atoms with Crippen molar-refractivity contribution < 1.29 is 4.98 Å². The van der Waals surface area contributed by atoms with Crippen LogP contribution in [-0.2, 0) is 0 Å². The Morgan fingerprint density at radius 3 is 2.27 bits per heavy atom. The second-order valence-electron chi connectivity index (χ2n) is 6.37. The Labute approximate surface area is 151 Å². The minimum Gasteiger partial charge on any atom is -0.241 e. The molecule has 0 spiro atoms. The Hall–Kier alpha value is -3.52. The van der Waals surface area contributed by atoms with Crippen LogP contribution in [0.3, 0.4) is 0 Å². The third kappa shape index (κ3) is 2.44. The summed E-state index contributed by atoms with van der Waals surface area (Å²) in [5.74, 6) is 0. The van der Waals surface area contributed by atoms with Crippen LogP contribution in [0.15, 0.2) is 97.2 Å². The van der Waals surface area contributed by atoms with Gasteiger partial charge in [-0.3, -0.25) is 0 Å². The first kappa shape index (κ1) is 14.8. The topological polar surface area (TPSA) is 27.0 Å². The number of fused-ring (bicyclic) bond motifs is 3. The molecule has 2 nitrogen and oxygen atoms in total. The number of aromatic nitrogens is 2. The van der Waals surface area contributed by atoms with E-state index >= 15 is 0 Å². The fourth-order valence-electron chi connectivity index (χ4n) is 3.53. The van der Waals surface area contributed by atoms with Crippen molar-refractivity contribution in [3.05, 3.63) is 97.2 Å². The lowest BCUT2D eigenvalue weighted by Crippen LogP contribution is -2.07. The van der Waals surface area contributed by atoms with Gasteiger partial charge < -0.3 is 0 Å². The second-order valence-corrected chi connectivity index (χ2v) is 6.37. The molecule has 0 aliphatic heterocycles. The number of hydrogen-bond donors (Lipinski definition) is 0. The molecule has 0 aliphatic rings. The van der Waals surface area contributed by atoms with Gasteiger partial charge in [-0.05, 0) is 29.0 Å². The van der Waals surface area contributed by atoms with E-state index in [-0.39, 0.29) is 0 Å². The fourth-order valence-corrected chi connectivity index (χ4v) is 3.53. The van der Waals surface area contributed by atoms with Crippen LogP contribution in [0.2, 0.25) is 0 Å². The molecule has 0 atom stereocenters. The number of nitrogens with zero attached hydrogens (tertiary/aromatic N) is 1. The van der Waals surface area contributed by atoms with E-state index in [1.807, 2.05) is 24.4 Å². The van der Waals surface area contributed by atoms with Crippen LogP contribution in [0.1, 0.15) is 0 Å². The zero-order chi connectivity index (χ0) is 17.3. The largest absolute Gasteiger partial charge is 0.241 e. The minimum absolute atomic E-state index is 0.951. The standard InChI is InChI=1S/C24H16N2/c1-2-8-18(9-3-1)22-11-6-12-23(26-22)24-21-14-13-17-7-4-5-10-19(17)20(21)15-16-25-24/h1-16H/p+1. The minimum atomic E-state index is 0.951. The maximum atomic E-state index is 4.91. The van der Waals surface area contributed by atoms with Crippen molar-refractivity contribution >= 4 is 21.5 Å². The first-order valence-corrected chi connectivity index (χ1v) is 8.75. The van der Waals surface area contributed by atoms with E-state index in [0.717, 1.165) is 22.6 Å². The van der Waals surface area contributed by atoms with Crippen molar-refractivity contribution in [3.8, 4) is 22.6 Å². The highest BCUT2D eigenvalue weighted by atomic mass is 14.8. The molecule has 0 aliphatic carbocycles. The molecule has 3 aromatic carbocycles. The van der Waals surface area contributed by atoms with Crippen LogP contribution < -0.4 is 4.98 Å². The van der Waals surface area contributed by atoms with E-state index in [0.29, 0.717) is 0 Å². The number of rotatable bonds is 2. The van der Waals surface area contributed by atoms with Gasteiger partial charge in [0, 0.05) is 17.0 Å². The fraction of sp³-hybridized carbons (Fsp3) is 0. The van der Waals surface area contributed by atoms with E-state index in [2.05, 4.69) is 77.8 Å². The number of nitrogens with one attached hydrogen (secondary N) is 1. The zero-order valence-corrected chi connectivity index (χ0v) is 14.2. The average Bonchev–Trinajstić information content (AvgIpc) is 2.74. The molecule has 2 aromatic heterocycles. The van der Waals surface area contributed by atoms with E-state index in [9.17, 15) is 0 Å². The van der Waals surface area contributed by atoms with Crippen molar-refractivity contribution in [1.82, 2.24) is 4.98 Å². The third-order valence-corrected chi connectivity index (χ3v) is 4.79. The number of H-pyrrole nitrogens is 1. The summed E-state index contributed by atoms with van der Waals surface area (Å²) in [5.41, 5.74) is 4.10. The predicted molar refractivity (Wildman–Crippen MR) is 107 cm³/mol. The number of benzene rings is 3. The van der Waals surface area contributed by atoms with Crippen LogP contribution in [0.5, 0.6) is 0 Å². The summed E-state index contributed by atoms with van der Waals surface area (Å²) < 4.78 is 0. The van der Waals surface area contributed by atoms with Crippen LogP contribution in [0.4, 0.5) is 0 Å². The Bertz CT molecular complexity index is 1230. The highest BCUT2D eigenvalue weighted by Gasteiger charge is 2.14. The molecule has 0 unspecified atom stereocenters. The van der Waals surface area contributed by atoms with Gasteiger partial charge in [0.25, 0.3) is 0 Å². The van der Waals surface area contributed by atoms with E-state index in [4.69, 9.17) is 4.98 Å². The second kappa shape index (κ2) is 6.08. The molecule has 0 saturated carbocycles. The lowest BCUT2D eigenvalue weighted by atomic mass is 10.0. The van der Waals surface area contributed by atoms with Crippen LogP contribution in [0, 0.1) is 0 Å². The first-order valence-electron chi connectivity index (χ1n) is 8.75. The molecular weight excluding hydrogens is 316 g/mol. The maximum absolute atomic E-state index is 4.91. The van der Waals surface area contributed by atoms with Crippen molar-refractivity contribution in [3.63, 3.8) is 0 Å². The quantitative estimate of drug-likeness (QED) is 0.390. The van der Waals surface area contributed by atoms with Crippen LogP contribution in [0.25, 0.3) is 44.2 Å². The normalized spacial score (nSPS) is 11.1. The van der Waals surface area contributed by atoms with Gasteiger partial charge in [-0.1, -0.05) is 66.7 Å². The highest BCUT2D eigenvalue weighted by Crippen LogP contribution is 2.30. The first-order chi connectivity index (χ1) is 12.9. The van der Waals surface area contributed by atoms with Crippen molar-refractivity contribution in [1.29, 1.82) is 0 Å². The monoisotopic (exact) mass is 333 g/mol.